The largest absolute Gasteiger partial charge is 0.474 e. The van der Waals surface area contributed by atoms with Crippen LogP contribution < -0.4 is 14.8 Å². The smallest absolute Gasteiger partial charge is 0.401 e. The molecule has 9 atom stereocenters. The number of benzene rings is 1. The average Bonchev–Trinajstić information content (AvgIpc) is 3.25. The maximum absolute atomic E-state index is 14.2. The van der Waals surface area contributed by atoms with Gasteiger partial charge in [-0.25, -0.2) is 24.3 Å². The van der Waals surface area contributed by atoms with E-state index >= 15 is 0 Å². The van der Waals surface area contributed by atoms with Crippen molar-refractivity contribution in [3.63, 3.8) is 0 Å². The Bertz CT molecular complexity index is 2250. The quantitative estimate of drug-likeness (QED) is 0.168. The van der Waals surface area contributed by atoms with E-state index in [2.05, 4.69) is 25.3 Å². The Kier molecular flexibility index (Phi) is 19.8. The van der Waals surface area contributed by atoms with Crippen molar-refractivity contribution in [1.82, 2.24) is 34.6 Å². The van der Waals surface area contributed by atoms with E-state index in [0.29, 0.717) is 85.6 Å². The number of alkyl halides is 9. The molecular weight excluding hydrogens is 1030 g/mol. The lowest BCUT2D eigenvalue weighted by Crippen LogP contribution is -2.60. The normalized spacial score (nSPS) is 27.6. The third-order valence-electron chi connectivity index (χ3n) is 12.9. The Balaban J connectivity index is 0.000000181. The van der Waals surface area contributed by atoms with Gasteiger partial charge in [0, 0.05) is 67.5 Å². The van der Waals surface area contributed by atoms with Gasteiger partial charge in [0.1, 0.15) is 41.7 Å². The van der Waals surface area contributed by atoms with Gasteiger partial charge in [-0.2, -0.15) is 47.9 Å². The summed E-state index contributed by atoms with van der Waals surface area (Å²) in [6.45, 7) is 4.22. The van der Waals surface area contributed by atoms with Gasteiger partial charge < -0.3 is 34.1 Å². The van der Waals surface area contributed by atoms with Gasteiger partial charge >= 0.3 is 30.1 Å². The van der Waals surface area contributed by atoms with Crippen molar-refractivity contribution in [1.29, 1.82) is 0 Å². The minimum atomic E-state index is -4.25. The minimum Gasteiger partial charge on any atom is -0.474 e. The summed E-state index contributed by atoms with van der Waals surface area (Å²) >= 11 is 5.19. The van der Waals surface area contributed by atoms with Gasteiger partial charge in [0.05, 0.1) is 76.6 Å². The zero-order valence-corrected chi connectivity index (χ0v) is 40.8. The van der Waals surface area contributed by atoms with Gasteiger partial charge in [-0.1, -0.05) is 17.7 Å². The zero-order chi connectivity index (χ0) is 52.5. The number of rotatable bonds is 9. The van der Waals surface area contributed by atoms with Crippen molar-refractivity contribution in [2.45, 2.75) is 132 Å². The van der Waals surface area contributed by atoms with Crippen molar-refractivity contribution >= 4 is 34.7 Å². The number of nitrogens with zero attached hydrogens (tertiary/aromatic N) is 7. The number of hydrogen-bond donors (Lipinski definition) is 2. The van der Waals surface area contributed by atoms with E-state index in [-0.39, 0.29) is 80.6 Å². The SMILES string of the molecule is Cc1c(Cl)ncnc1OC1CC2COC[C@@H](C1)N2CC(F)(F)F.Cc1ccc(Nc2ncnc(OC3CC4COC[C@@H](C3)N4CC(F)(F)F)c2C)c(F)c1.O=S=O.OC1CC2COC[C@@H](C1)N2CC(F)(F)F. The second-order valence-electron chi connectivity index (χ2n) is 18.4. The molecular formula is C44H55ClF10N8O8S. The molecule has 402 valence electrons. The van der Waals surface area contributed by atoms with E-state index in [1.54, 1.807) is 32.9 Å². The highest BCUT2D eigenvalue weighted by molar-refractivity contribution is 7.51. The lowest BCUT2D eigenvalue weighted by Gasteiger charge is -2.48. The monoisotopic (exact) mass is 1080 g/mol. The van der Waals surface area contributed by atoms with Crippen molar-refractivity contribution in [3.05, 3.63) is 58.5 Å². The minimum absolute atomic E-state index is 0.206. The Hall–Kier alpha value is -4.09. The molecule has 9 rings (SSSR count). The number of aliphatic hydroxyl groups is 1. The summed E-state index contributed by atoms with van der Waals surface area (Å²) in [5.74, 6) is 0.729. The summed E-state index contributed by atoms with van der Waals surface area (Å²) in [5.41, 5.74) is 2.32. The van der Waals surface area contributed by atoms with E-state index in [4.69, 9.17) is 43.7 Å². The zero-order valence-electron chi connectivity index (χ0n) is 39.2. The highest BCUT2D eigenvalue weighted by Crippen LogP contribution is 2.37. The molecule has 0 saturated carbocycles. The van der Waals surface area contributed by atoms with Crippen LogP contribution in [0.2, 0.25) is 5.15 Å². The van der Waals surface area contributed by atoms with Gasteiger partial charge in [-0.3, -0.25) is 14.7 Å². The number of fused-ring (bicyclic) bond motifs is 6. The van der Waals surface area contributed by atoms with E-state index in [1.165, 1.54) is 33.4 Å². The third-order valence-corrected chi connectivity index (χ3v) is 13.3. The number of aromatic nitrogens is 4. The van der Waals surface area contributed by atoms with Crippen LogP contribution in [0.5, 0.6) is 11.8 Å². The van der Waals surface area contributed by atoms with Crippen LogP contribution >= 0.6 is 11.6 Å². The Morgan fingerprint density at radius 1 is 0.639 bits per heavy atom. The number of anilines is 2. The molecule has 6 saturated heterocycles. The highest BCUT2D eigenvalue weighted by Gasteiger charge is 2.47. The number of hydrogen-bond acceptors (Lipinski definition) is 16. The number of nitrogens with one attached hydrogen (secondary N) is 1. The summed E-state index contributed by atoms with van der Waals surface area (Å²) < 4.78 is 173. The van der Waals surface area contributed by atoms with Crippen LogP contribution in [-0.2, 0) is 25.8 Å². The maximum atomic E-state index is 14.2. The molecule has 0 aliphatic carbocycles. The molecule has 16 nitrogen and oxygen atoms in total. The van der Waals surface area contributed by atoms with Crippen LogP contribution in [0.1, 0.15) is 55.2 Å². The lowest BCUT2D eigenvalue weighted by atomic mass is 9.91. The summed E-state index contributed by atoms with van der Waals surface area (Å²) in [6, 6.07) is 2.95. The van der Waals surface area contributed by atoms with Crippen LogP contribution in [0.4, 0.5) is 55.4 Å². The number of morpholine rings is 3. The topological polar surface area (TPSA) is 174 Å². The molecule has 0 amide bonds. The van der Waals surface area contributed by atoms with Gasteiger partial charge in [0.25, 0.3) is 0 Å². The summed E-state index contributed by atoms with van der Waals surface area (Å²) in [7, 11) is 0. The molecule has 6 aliphatic heterocycles. The van der Waals surface area contributed by atoms with Crippen LogP contribution in [0, 0.1) is 26.6 Å². The standard InChI is InChI=1S/C21H24F4N4O2.C14H17ClF3N3O2.C9H14F3NO2.O2S/c1-12-3-4-18(17(22)5-12)28-19-13(2)20(27-11-26-19)31-16-6-14-8-30-9-15(7-16)29(14)10-21(23,24)25;1-8-12(15)19-7-20-13(8)23-11-2-9-4-22-5-10(3-11)21(9)6-14(16,17)18;10-9(11,12)5-13-6-1-8(14)2-7(13)4-15-3-6;1-3-2/h3-5,11,14-16H,6-10H2,1-2H3,(H,26,27,28);7,9-11H,2-6H2,1H3;6-8,14H,1-5H2;/t14-,15?,16?;9-,10?,11?;6-,7?,8?;/m111./s1. The Morgan fingerprint density at radius 3 is 1.40 bits per heavy atom. The van der Waals surface area contributed by atoms with E-state index in [9.17, 15) is 49.0 Å². The number of aliphatic hydroxyl groups excluding tert-OH is 1. The molecule has 3 aromatic rings. The van der Waals surface area contributed by atoms with Crippen molar-refractivity contribution in [2.75, 3.05) is 64.6 Å². The van der Waals surface area contributed by atoms with E-state index in [0.717, 1.165) is 5.56 Å². The van der Waals surface area contributed by atoms with Crippen molar-refractivity contribution in [3.8, 4) is 11.8 Å². The van der Waals surface area contributed by atoms with Crippen LogP contribution in [0.15, 0.2) is 30.9 Å². The fourth-order valence-corrected chi connectivity index (χ4v) is 9.93. The molecule has 8 heterocycles. The van der Waals surface area contributed by atoms with Crippen molar-refractivity contribution < 1.29 is 81.1 Å². The molecule has 6 unspecified atom stereocenters. The number of piperidine rings is 3. The molecule has 6 aliphatic rings. The molecule has 72 heavy (non-hydrogen) atoms. The predicted octanol–water partition coefficient (Wildman–Crippen LogP) is 6.86. The third kappa shape index (κ3) is 16.5. The van der Waals surface area contributed by atoms with E-state index in [1.807, 2.05) is 0 Å². The second-order valence-corrected chi connectivity index (χ2v) is 18.9. The lowest BCUT2D eigenvalue weighted by molar-refractivity contribution is -0.188. The molecule has 0 radical (unpaired) electrons. The van der Waals surface area contributed by atoms with Gasteiger partial charge in [-0.05, 0) is 51.3 Å². The predicted molar refractivity (Wildman–Crippen MR) is 238 cm³/mol. The average molecular weight is 1080 g/mol. The second kappa shape index (κ2) is 25.0. The summed E-state index contributed by atoms with van der Waals surface area (Å²) in [4.78, 5) is 20.7. The van der Waals surface area contributed by atoms with Gasteiger partial charge in [0.2, 0.25) is 11.8 Å². The number of aryl methyl sites for hydroxylation is 1. The molecule has 2 N–H and O–H groups in total. The van der Waals surface area contributed by atoms with E-state index < -0.39 is 61.7 Å². The van der Waals surface area contributed by atoms with Crippen molar-refractivity contribution in [2.24, 2.45) is 0 Å². The van der Waals surface area contributed by atoms with Crippen LogP contribution in [-0.4, -0.2) is 181 Å². The summed E-state index contributed by atoms with van der Waals surface area (Å²) in [5, 5.41) is 12.7. The summed E-state index contributed by atoms with van der Waals surface area (Å²) in [6.07, 6.45) is -8.47. The Morgan fingerprint density at radius 2 is 1.01 bits per heavy atom. The molecule has 6 fully saturated rings. The fourth-order valence-electron chi connectivity index (χ4n) is 9.80. The molecule has 6 bridgehead atoms. The first-order valence-corrected chi connectivity index (χ1v) is 23.9. The maximum Gasteiger partial charge on any atom is 0.401 e. The first kappa shape index (κ1) is 57.2. The molecule has 28 heteroatoms. The Labute approximate surface area is 416 Å². The van der Waals surface area contributed by atoms with Crippen LogP contribution in [0.3, 0.4) is 0 Å². The molecule has 1 aromatic carbocycles. The fraction of sp³-hybridized carbons (Fsp3) is 0.682. The first-order valence-electron chi connectivity index (χ1n) is 22.9. The van der Waals surface area contributed by atoms with Gasteiger partial charge in [0.15, 0.2) is 0 Å². The first-order chi connectivity index (χ1) is 33.9. The highest BCUT2D eigenvalue weighted by atomic mass is 35.5. The number of ether oxygens (including phenoxy) is 5. The molecule has 2 aromatic heterocycles. The van der Waals surface area contributed by atoms with Gasteiger partial charge in [-0.15, -0.1) is 0 Å². The van der Waals surface area contributed by atoms with Crippen LogP contribution in [0.25, 0.3) is 0 Å². The molecule has 0 spiro atoms. The number of halogens is 11.